The van der Waals surface area contributed by atoms with Crippen LogP contribution >= 0.6 is 0 Å². The van der Waals surface area contributed by atoms with Crippen LogP contribution in [0.4, 0.5) is 0 Å². The van der Waals surface area contributed by atoms with E-state index in [2.05, 4.69) is 10.1 Å². The number of hydrogen-bond donors (Lipinski definition) is 0. The van der Waals surface area contributed by atoms with Gasteiger partial charge in [-0.2, -0.15) is 4.98 Å². The fourth-order valence-corrected chi connectivity index (χ4v) is 2.19. The number of benzene rings is 1. The molecule has 1 heterocycles. The second-order valence-corrected chi connectivity index (χ2v) is 5.97. The number of aromatic nitrogens is 2. The Morgan fingerprint density at radius 2 is 2.22 bits per heavy atom. The molecule has 2 aromatic rings. The third kappa shape index (κ3) is 4.55. The first kappa shape index (κ1) is 15.5. The summed E-state index contributed by atoms with van der Waals surface area (Å²) < 4.78 is 15.9. The summed E-state index contributed by atoms with van der Waals surface area (Å²) in [6.07, 6.45) is 2.46. The van der Waals surface area contributed by atoms with E-state index in [1.165, 1.54) is 0 Å². The predicted octanol–water partition coefficient (Wildman–Crippen LogP) is 3.02. The molecule has 1 aromatic carbocycles. The lowest BCUT2D eigenvalue weighted by molar-refractivity contribution is -0.144. The second kappa shape index (κ2) is 6.81. The lowest BCUT2D eigenvalue weighted by Gasteiger charge is -2.10. The van der Waals surface area contributed by atoms with Crippen LogP contribution in [0.15, 0.2) is 28.8 Å². The molecule has 0 atom stereocenters. The average Bonchev–Trinajstić information content (AvgIpc) is 3.24. The van der Waals surface area contributed by atoms with Crippen LogP contribution in [0.3, 0.4) is 0 Å². The molecule has 122 valence electrons. The van der Waals surface area contributed by atoms with Gasteiger partial charge in [0.25, 0.3) is 0 Å². The Morgan fingerprint density at radius 1 is 1.39 bits per heavy atom. The number of carbonyl (C=O) groups excluding carboxylic acids is 1. The lowest BCUT2D eigenvalue weighted by Crippen LogP contribution is -2.09. The van der Waals surface area contributed by atoms with Gasteiger partial charge in [0.05, 0.1) is 12.5 Å². The van der Waals surface area contributed by atoms with E-state index < -0.39 is 0 Å². The SMILES string of the molecule is CC(C)Oc1cccc(CC(=O)OCc2noc(C3CC3)n2)c1. The van der Waals surface area contributed by atoms with Crippen molar-refractivity contribution in [3.63, 3.8) is 0 Å². The minimum Gasteiger partial charge on any atom is -0.491 e. The van der Waals surface area contributed by atoms with Gasteiger partial charge in [-0.1, -0.05) is 17.3 Å². The van der Waals surface area contributed by atoms with Crippen molar-refractivity contribution in [2.75, 3.05) is 0 Å². The van der Waals surface area contributed by atoms with Crippen LogP contribution in [0.1, 0.15) is 49.9 Å². The summed E-state index contributed by atoms with van der Waals surface area (Å²) in [5.41, 5.74) is 0.847. The van der Waals surface area contributed by atoms with E-state index >= 15 is 0 Å². The van der Waals surface area contributed by atoms with Crippen LogP contribution in [0.5, 0.6) is 5.75 Å². The van der Waals surface area contributed by atoms with Crippen molar-refractivity contribution in [3.8, 4) is 5.75 Å². The zero-order chi connectivity index (χ0) is 16.2. The standard InChI is InChI=1S/C17H20N2O4/c1-11(2)22-14-5-3-4-12(8-14)9-16(20)21-10-15-18-17(23-19-15)13-6-7-13/h3-5,8,11,13H,6-7,9-10H2,1-2H3. The van der Waals surface area contributed by atoms with Crippen molar-refractivity contribution in [1.82, 2.24) is 10.1 Å². The Morgan fingerprint density at radius 3 is 2.96 bits per heavy atom. The molecule has 0 spiro atoms. The maximum atomic E-state index is 11.9. The van der Waals surface area contributed by atoms with E-state index in [-0.39, 0.29) is 25.1 Å². The van der Waals surface area contributed by atoms with E-state index in [1.54, 1.807) is 0 Å². The van der Waals surface area contributed by atoms with Crippen molar-refractivity contribution in [1.29, 1.82) is 0 Å². The van der Waals surface area contributed by atoms with E-state index in [1.807, 2.05) is 38.1 Å². The minimum absolute atomic E-state index is 0.0389. The molecule has 3 rings (SSSR count). The van der Waals surface area contributed by atoms with Crippen molar-refractivity contribution in [3.05, 3.63) is 41.5 Å². The molecule has 1 saturated carbocycles. The number of rotatable bonds is 7. The molecule has 0 aliphatic heterocycles. The fraction of sp³-hybridized carbons (Fsp3) is 0.471. The van der Waals surface area contributed by atoms with E-state index in [4.69, 9.17) is 14.0 Å². The fourth-order valence-electron chi connectivity index (χ4n) is 2.19. The molecule has 1 aliphatic carbocycles. The molecule has 0 saturated heterocycles. The highest BCUT2D eigenvalue weighted by Gasteiger charge is 2.29. The number of nitrogens with zero attached hydrogens (tertiary/aromatic N) is 2. The smallest absolute Gasteiger partial charge is 0.310 e. The highest BCUT2D eigenvalue weighted by Crippen LogP contribution is 2.38. The first-order valence-corrected chi connectivity index (χ1v) is 7.84. The van der Waals surface area contributed by atoms with Gasteiger partial charge >= 0.3 is 5.97 Å². The molecule has 0 unspecified atom stereocenters. The highest BCUT2D eigenvalue weighted by molar-refractivity contribution is 5.72. The van der Waals surface area contributed by atoms with E-state index in [9.17, 15) is 4.79 Å². The van der Waals surface area contributed by atoms with Crippen molar-refractivity contribution >= 4 is 5.97 Å². The van der Waals surface area contributed by atoms with E-state index in [0.29, 0.717) is 17.6 Å². The molecule has 1 fully saturated rings. The Kier molecular flexibility index (Phi) is 4.60. The van der Waals surface area contributed by atoms with Crippen LogP contribution in [0.25, 0.3) is 0 Å². The van der Waals surface area contributed by atoms with Crippen LogP contribution in [0.2, 0.25) is 0 Å². The second-order valence-electron chi connectivity index (χ2n) is 5.97. The number of ether oxygens (including phenoxy) is 2. The average molecular weight is 316 g/mol. The summed E-state index contributed by atoms with van der Waals surface area (Å²) >= 11 is 0. The van der Waals surface area contributed by atoms with Crippen LogP contribution in [-0.4, -0.2) is 22.2 Å². The van der Waals surface area contributed by atoms with Crippen molar-refractivity contribution in [2.45, 2.75) is 51.7 Å². The number of carbonyl (C=O) groups is 1. The molecule has 6 heteroatoms. The number of esters is 1. The zero-order valence-electron chi connectivity index (χ0n) is 13.3. The summed E-state index contributed by atoms with van der Waals surface area (Å²) in [5.74, 6) is 1.88. The largest absolute Gasteiger partial charge is 0.491 e. The van der Waals surface area contributed by atoms with Gasteiger partial charge in [0, 0.05) is 5.92 Å². The molecule has 23 heavy (non-hydrogen) atoms. The number of hydrogen-bond acceptors (Lipinski definition) is 6. The first-order valence-electron chi connectivity index (χ1n) is 7.84. The molecular weight excluding hydrogens is 296 g/mol. The van der Waals surface area contributed by atoms with E-state index in [0.717, 1.165) is 24.2 Å². The molecule has 0 amide bonds. The van der Waals surface area contributed by atoms with Gasteiger partial charge in [-0.3, -0.25) is 4.79 Å². The van der Waals surface area contributed by atoms with Crippen LogP contribution < -0.4 is 4.74 Å². The van der Waals surface area contributed by atoms with Gasteiger partial charge in [0.15, 0.2) is 6.61 Å². The minimum atomic E-state index is -0.329. The van der Waals surface area contributed by atoms with Gasteiger partial charge in [-0.25, -0.2) is 0 Å². The maximum Gasteiger partial charge on any atom is 0.310 e. The summed E-state index contributed by atoms with van der Waals surface area (Å²) in [6, 6.07) is 7.45. The van der Waals surface area contributed by atoms with Gasteiger partial charge in [0.2, 0.25) is 11.7 Å². The van der Waals surface area contributed by atoms with Crippen LogP contribution in [0, 0.1) is 0 Å². The molecule has 6 nitrogen and oxygen atoms in total. The normalized spacial score (nSPS) is 14.0. The van der Waals surface area contributed by atoms with Crippen molar-refractivity contribution < 1.29 is 18.8 Å². The topological polar surface area (TPSA) is 74.5 Å². The van der Waals surface area contributed by atoms with Gasteiger partial charge in [-0.05, 0) is 44.4 Å². The van der Waals surface area contributed by atoms with Gasteiger partial charge in [0.1, 0.15) is 5.75 Å². The maximum absolute atomic E-state index is 11.9. The van der Waals surface area contributed by atoms with Gasteiger partial charge < -0.3 is 14.0 Å². The molecule has 0 radical (unpaired) electrons. The lowest BCUT2D eigenvalue weighted by atomic mass is 10.1. The summed E-state index contributed by atoms with van der Waals surface area (Å²) in [4.78, 5) is 16.1. The monoisotopic (exact) mass is 316 g/mol. The Bertz CT molecular complexity index is 677. The quantitative estimate of drug-likeness (QED) is 0.731. The van der Waals surface area contributed by atoms with Gasteiger partial charge in [-0.15, -0.1) is 0 Å². The van der Waals surface area contributed by atoms with Crippen molar-refractivity contribution in [2.24, 2.45) is 0 Å². The third-order valence-electron chi connectivity index (χ3n) is 3.39. The molecular formula is C17H20N2O4. The summed E-state index contributed by atoms with van der Waals surface area (Å²) in [7, 11) is 0. The Hall–Kier alpha value is -2.37. The molecule has 1 aliphatic rings. The molecule has 0 N–H and O–H groups in total. The Labute approximate surface area is 134 Å². The summed E-state index contributed by atoms with van der Waals surface area (Å²) in [5, 5.41) is 3.82. The van der Waals surface area contributed by atoms with Crippen LogP contribution in [-0.2, 0) is 22.6 Å². The first-order chi connectivity index (χ1) is 11.1. The predicted molar refractivity (Wildman–Crippen MR) is 82.0 cm³/mol. The molecule has 0 bridgehead atoms. The summed E-state index contributed by atoms with van der Waals surface area (Å²) in [6.45, 7) is 3.96. The Balaban J connectivity index is 1.50. The third-order valence-corrected chi connectivity index (χ3v) is 3.39. The molecule has 1 aromatic heterocycles. The zero-order valence-corrected chi connectivity index (χ0v) is 13.3. The highest BCUT2D eigenvalue weighted by atomic mass is 16.5.